The Labute approximate surface area is 113 Å². The summed E-state index contributed by atoms with van der Waals surface area (Å²) in [5, 5.41) is 14.5. The molecule has 1 amide bonds. The molecule has 0 saturated heterocycles. The van der Waals surface area contributed by atoms with E-state index in [-0.39, 0.29) is 18.6 Å². The lowest BCUT2D eigenvalue weighted by molar-refractivity contribution is 0.0925. The van der Waals surface area contributed by atoms with Crippen molar-refractivity contribution in [2.24, 2.45) is 0 Å². The molecule has 2 rings (SSSR count). The predicted octanol–water partition coefficient (Wildman–Crippen LogP) is 2.29. The zero-order chi connectivity index (χ0) is 13.1. The van der Waals surface area contributed by atoms with E-state index in [1.807, 2.05) is 24.4 Å². The maximum absolute atomic E-state index is 12.0. The van der Waals surface area contributed by atoms with Crippen LogP contribution < -0.4 is 5.32 Å². The van der Waals surface area contributed by atoms with Gasteiger partial charge in [-0.2, -0.15) is 0 Å². The zero-order valence-electron chi connectivity index (χ0n) is 10.1. The molecule has 2 aromatic rings. The molecule has 1 atom stereocenters. The minimum Gasteiger partial charge on any atom is -0.394 e. The molecule has 0 aliphatic rings. The van der Waals surface area contributed by atoms with Crippen molar-refractivity contribution in [3.05, 3.63) is 28.1 Å². The molecule has 96 valence electrons. The van der Waals surface area contributed by atoms with E-state index in [0.29, 0.717) is 4.88 Å². The van der Waals surface area contributed by atoms with Gasteiger partial charge in [0.1, 0.15) is 9.88 Å². The van der Waals surface area contributed by atoms with Crippen LogP contribution in [-0.4, -0.2) is 28.6 Å². The highest BCUT2D eigenvalue weighted by Gasteiger charge is 2.17. The zero-order valence-corrected chi connectivity index (χ0v) is 11.8. The largest absolute Gasteiger partial charge is 0.394 e. The molecule has 2 N–H and O–H groups in total. The molecule has 0 unspecified atom stereocenters. The Kier molecular flexibility index (Phi) is 4.11. The molecule has 18 heavy (non-hydrogen) atoms. The highest BCUT2D eigenvalue weighted by atomic mass is 32.1. The Balaban J connectivity index is 2.22. The van der Waals surface area contributed by atoms with Crippen LogP contribution in [0.3, 0.4) is 0 Å². The van der Waals surface area contributed by atoms with Gasteiger partial charge < -0.3 is 10.4 Å². The van der Waals surface area contributed by atoms with Crippen LogP contribution in [0.1, 0.15) is 22.3 Å². The SMILES string of the molecule is Cc1nc(-c2cccs2)sc1C(=O)N[C@H](C)CO. The van der Waals surface area contributed by atoms with Gasteiger partial charge in [0.05, 0.1) is 17.2 Å². The van der Waals surface area contributed by atoms with E-state index in [9.17, 15) is 4.79 Å². The number of carbonyl (C=O) groups excluding carboxylic acids is 1. The lowest BCUT2D eigenvalue weighted by Crippen LogP contribution is -2.34. The summed E-state index contributed by atoms with van der Waals surface area (Å²) in [5.74, 6) is -0.172. The summed E-state index contributed by atoms with van der Waals surface area (Å²) in [6, 6.07) is 3.70. The van der Waals surface area contributed by atoms with Gasteiger partial charge in [-0.05, 0) is 25.3 Å². The molecule has 0 fully saturated rings. The normalized spacial score (nSPS) is 12.4. The van der Waals surface area contributed by atoms with E-state index in [2.05, 4.69) is 10.3 Å². The van der Waals surface area contributed by atoms with Gasteiger partial charge in [0.15, 0.2) is 0 Å². The number of aromatic nitrogens is 1. The molecule has 0 radical (unpaired) electrons. The second-order valence-electron chi connectivity index (χ2n) is 3.97. The quantitative estimate of drug-likeness (QED) is 0.904. The number of aliphatic hydroxyl groups excluding tert-OH is 1. The predicted molar refractivity (Wildman–Crippen MR) is 74.2 cm³/mol. The fraction of sp³-hybridized carbons (Fsp3) is 0.333. The first kappa shape index (κ1) is 13.2. The molecule has 6 heteroatoms. The van der Waals surface area contributed by atoms with Gasteiger partial charge in [-0.25, -0.2) is 4.98 Å². The second-order valence-corrected chi connectivity index (χ2v) is 5.91. The molecule has 0 bridgehead atoms. The highest BCUT2D eigenvalue weighted by molar-refractivity contribution is 7.22. The third-order valence-electron chi connectivity index (χ3n) is 2.39. The van der Waals surface area contributed by atoms with Crippen molar-refractivity contribution in [2.75, 3.05) is 6.61 Å². The maximum Gasteiger partial charge on any atom is 0.263 e. The summed E-state index contributed by atoms with van der Waals surface area (Å²) >= 11 is 2.99. The molecule has 0 aromatic carbocycles. The Hall–Kier alpha value is -1.24. The molecule has 2 heterocycles. The van der Waals surface area contributed by atoms with E-state index < -0.39 is 0 Å². The molecule has 0 aliphatic carbocycles. The number of nitrogens with zero attached hydrogens (tertiary/aromatic N) is 1. The van der Waals surface area contributed by atoms with E-state index in [0.717, 1.165) is 15.6 Å². The Bertz CT molecular complexity index is 534. The first-order valence-electron chi connectivity index (χ1n) is 5.55. The van der Waals surface area contributed by atoms with Crippen molar-refractivity contribution >= 4 is 28.6 Å². The van der Waals surface area contributed by atoms with E-state index in [1.165, 1.54) is 11.3 Å². The van der Waals surface area contributed by atoms with Crippen LogP contribution in [0, 0.1) is 6.92 Å². The third-order valence-corrected chi connectivity index (χ3v) is 4.58. The number of nitrogens with one attached hydrogen (secondary N) is 1. The van der Waals surface area contributed by atoms with Crippen LogP contribution >= 0.6 is 22.7 Å². The van der Waals surface area contributed by atoms with E-state index >= 15 is 0 Å². The number of rotatable bonds is 4. The number of amides is 1. The Morgan fingerprint density at radius 2 is 2.39 bits per heavy atom. The lowest BCUT2D eigenvalue weighted by atomic mass is 10.3. The number of thiazole rings is 1. The molecular weight excluding hydrogens is 268 g/mol. The van der Waals surface area contributed by atoms with Crippen LogP contribution in [0.25, 0.3) is 9.88 Å². The van der Waals surface area contributed by atoms with Gasteiger partial charge in [0.2, 0.25) is 0 Å². The van der Waals surface area contributed by atoms with Crippen LogP contribution in [-0.2, 0) is 0 Å². The van der Waals surface area contributed by atoms with Crippen molar-refractivity contribution in [3.63, 3.8) is 0 Å². The van der Waals surface area contributed by atoms with Gasteiger partial charge in [-0.3, -0.25) is 4.79 Å². The number of carbonyl (C=O) groups is 1. The minimum absolute atomic E-state index is 0.0681. The fourth-order valence-electron chi connectivity index (χ4n) is 1.45. The number of aryl methyl sites for hydroxylation is 1. The number of thiophene rings is 1. The highest BCUT2D eigenvalue weighted by Crippen LogP contribution is 2.30. The molecule has 2 aromatic heterocycles. The van der Waals surface area contributed by atoms with Gasteiger partial charge in [-0.1, -0.05) is 6.07 Å². The molecule has 4 nitrogen and oxygen atoms in total. The fourth-order valence-corrected chi connectivity index (χ4v) is 3.21. The van der Waals surface area contributed by atoms with Crippen LogP contribution in [0.2, 0.25) is 0 Å². The van der Waals surface area contributed by atoms with Crippen molar-refractivity contribution in [3.8, 4) is 9.88 Å². The summed E-state index contributed by atoms with van der Waals surface area (Å²) in [7, 11) is 0. The maximum atomic E-state index is 12.0. The first-order valence-corrected chi connectivity index (χ1v) is 7.24. The Morgan fingerprint density at radius 3 is 3.00 bits per heavy atom. The summed E-state index contributed by atoms with van der Waals surface area (Å²) < 4.78 is 0. The molecular formula is C12H14N2O2S2. The number of hydrogen-bond donors (Lipinski definition) is 2. The van der Waals surface area contributed by atoms with Crippen molar-refractivity contribution in [1.29, 1.82) is 0 Å². The van der Waals surface area contributed by atoms with Gasteiger partial charge in [0, 0.05) is 6.04 Å². The summed E-state index contributed by atoms with van der Waals surface area (Å²) in [6.07, 6.45) is 0. The van der Waals surface area contributed by atoms with Crippen molar-refractivity contribution in [1.82, 2.24) is 10.3 Å². The Morgan fingerprint density at radius 1 is 1.61 bits per heavy atom. The van der Waals surface area contributed by atoms with E-state index in [4.69, 9.17) is 5.11 Å². The van der Waals surface area contributed by atoms with Gasteiger partial charge in [0.25, 0.3) is 5.91 Å². The first-order chi connectivity index (χ1) is 8.61. The van der Waals surface area contributed by atoms with Crippen LogP contribution in [0.5, 0.6) is 0 Å². The number of aliphatic hydroxyl groups is 1. The number of hydrogen-bond acceptors (Lipinski definition) is 5. The summed E-state index contributed by atoms with van der Waals surface area (Å²) in [4.78, 5) is 18.1. The van der Waals surface area contributed by atoms with Gasteiger partial charge in [-0.15, -0.1) is 22.7 Å². The molecule has 0 saturated carbocycles. The third kappa shape index (κ3) is 2.77. The van der Waals surface area contributed by atoms with Gasteiger partial charge >= 0.3 is 0 Å². The van der Waals surface area contributed by atoms with Crippen molar-refractivity contribution < 1.29 is 9.90 Å². The minimum atomic E-state index is -0.246. The monoisotopic (exact) mass is 282 g/mol. The van der Waals surface area contributed by atoms with Crippen LogP contribution in [0.15, 0.2) is 17.5 Å². The average molecular weight is 282 g/mol. The topological polar surface area (TPSA) is 62.2 Å². The molecule has 0 aliphatic heterocycles. The summed E-state index contributed by atoms with van der Waals surface area (Å²) in [5.41, 5.74) is 0.728. The smallest absolute Gasteiger partial charge is 0.263 e. The second kappa shape index (κ2) is 5.60. The van der Waals surface area contributed by atoms with Crippen molar-refractivity contribution in [2.45, 2.75) is 19.9 Å². The van der Waals surface area contributed by atoms with Crippen LogP contribution in [0.4, 0.5) is 0 Å². The molecule has 0 spiro atoms. The standard InChI is InChI=1S/C12H14N2O2S2/c1-7(6-15)13-11(16)10-8(2)14-12(18-10)9-4-3-5-17-9/h3-5,7,15H,6H2,1-2H3,(H,13,16)/t7-/m1/s1. The average Bonchev–Trinajstić information content (AvgIpc) is 2.97. The lowest BCUT2D eigenvalue weighted by Gasteiger charge is -2.09. The van der Waals surface area contributed by atoms with E-state index in [1.54, 1.807) is 18.3 Å². The summed E-state index contributed by atoms with van der Waals surface area (Å²) in [6.45, 7) is 3.52.